The number of piperidine rings is 2. The molecule has 2 aromatic rings. The van der Waals surface area contributed by atoms with Gasteiger partial charge in [-0.05, 0) is 50.4 Å². The highest BCUT2D eigenvalue weighted by Gasteiger charge is 2.46. The van der Waals surface area contributed by atoms with Crippen LogP contribution in [0.1, 0.15) is 31.2 Å². The summed E-state index contributed by atoms with van der Waals surface area (Å²) in [6.45, 7) is 5.08. The average Bonchev–Trinajstić information content (AvgIpc) is 3.14. The second kappa shape index (κ2) is 7.87. The molecule has 0 atom stereocenters. The number of hydrogen-bond donors (Lipinski definition) is 1. The number of carbonyl (C=O) groups excluding carboxylic acids is 1. The van der Waals surface area contributed by atoms with Crippen molar-refractivity contribution in [2.24, 2.45) is 0 Å². The van der Waals surface area contributed by atoms with Gasteiger partial charge in [0.15, 0.2) is 0 Å². The number of anilines is 2. The van der Waals surface area contributed by atoms with E-state index in [-0.39, 0.29) is 11.4 Å². The normalized spacial score (nSPS) is 21.6. The lowest BCUT2D eigenvalue weighted by Crippen LogP contribution is -2.52. The standard InChI is InChI=1S/C23H30N6O/c1-24-22(30)29-17-23(19-4-2-3-5-20(19)29)8-14-27(15-9-23)18-6-12-28(13-7-18)21-16-25-10-11-26-21/h2-5,10-11,16,18H,6-9,12-15,17H2,1H3,(H,24,30). The quantitative estimate of drug-likeness (QED) is 0.831. The lowest BCUT2D eigenvalue weighted by Gasteiger charge is -2.45. The Bertz CT molecular complexity index is 888. The molecule has 0 saturated carbocycles. The summed E-state index contributed by atoms with van der Waals surface area (Å²) in [4.78, 5) is 28.1. The van der Waals surface area contributed by atoms with Gasteiger partial charge in [-0.25, -0.2) is 9.78 Å². The first-order valence-electron chi connectivity index (χ1n) is 11.0. The van der Waals surface area contributed by atoms with Crippen molar-refractivity contribution in [3.8, 4) is 0 Å². The van der Waals surface area contributed by atoms with Crippen molar-refractivity contribution in [2.75, 3.05) is 49.6 Å². The molecule has 1 aromatic carbocycles. The van der Waals surface area contributed by atoms with Crippen LogP contribution in [0, 0.1) is 0 Å². The summed E-state index contributed by atoms with van der Waals surface area (Å²) in [5, 5.41) is 2.81. The molecule has 158 valence electrons. The van der Waals surface area contributed by atoms with Gasteiger partial charge in [0, 0.05) is 56.2 Å². The van der Waals surface area contributed by atoms with E-state index in [1.807, 2.05) is 17.2 Å². The number of urea groups is 1. The highest BCUT2D eigenvalue weighted by atomic mass is 16.2. The topological polar surface area (TPSA) is 64.6 Å². The largest absolute Gasteiger partial charge is 0.355 e. The van der Waals surface area contributed by atoms with E-state index in [9.17, 15) is 4.79 Å². The van der Waals surface area contributed by atoms with Crippen molar-refractivity contribution in [1.82, 2.24) is 20.2 Å². The van der Waals surface area contributed by atoms with E-state index >= 15 is 0 Å². The van der Waals surface area contributed by atoms with Crippen LogP contribution in [0.4, 0.5) is 16.3 Å². The monoisotopic (exact) mass is 406 g/mol. The molecule has 3 aliphatic rings. The highest BCUT2D eigenvalue weighted by molar-refractivity contribution is 5.95. The van der Waals surface area contributed by atoms with Crippen molar-refractivity contribution in [1.29, 1.82) is 0 Å². The molecular weight excluding hydrogens is 376 g/mol. The van der Waals surface area contributed by atoms with Crippen LogP contribution in [0.3, 0.4) is 0 Å². The number of hydrogen-bond acceptors (Lipinski definition) is 5. The third-order valence-electron chi connectivity index (χ3n) is 7.30. The van der Waals surface area contributed by atoms with Gasteiger partial charge in [0.1, 0.15) is 5.82 Å². The van der Waals surface area contributed by atoms with E-state index in [1.165, 1.54) is 18.4 Å². The second-order valence-electron chi connectivity index (χ2n) is 8.76. The number of nitrogens with zero attached hydrogens (tertiary/aromatic N) is 5. The molecule has 7 heteroatoms. The molecule has 2 saturated heterocycles. The van der Waals surface area contributed by atoms with Crippen LogP contribution < -0.4 is 15.1 Å². The number of aromatic nitrogens is 2. The number of rotatable bonds is 2. The van der Waals surface area contributed by atoms with Crippen LogP contribution in [-0.2, 0) is 5.41 Å². The molecule has 2 amide bonds. The van der Waals surface area contributed by atoms with E-state index in [0.717, 1.165) is 57.1 Å². The molecule has 1 aromatic heterocycles. The number of carbonyl (C=O) groups is 1. The molecule has 30 heavy (non-hydrogen) atoms. The summed E-state index contributed by atoms with van der Waals surface area (Å²) in [5.41, 5.74) is 2.54. The maximum Gasteiger partial charge on any atom is 0.321 e. The van der Waals surface area contributed by atoms with Crippen LogP contribution in [-0.4, -0.2) is 66.7 Å². The van der Waals surface area contributed by atoms with E-state index in [0.29, 0.717) is 6.04 Å². The maximum atomic E-state index is 12.5. The minimum Gasteiger partial charge on any atom is -0.355 e. The predicted octanol–water partition coefficient (Wildman–Crippen LogP) is 2.64. The van der Waals surface area contributed by atoms with Crippen molar-refractivity contribution in [3.63, 3.8) is 0 Å². The molecule has 0 radical (unpaired) electrons. The van der Waals surface area contributed by atoms with Crippen LogP contribution >= 0.6 is 0 Å². The Morgan fingerprint density at radius 3 is 2.57 bits per heavy atom. The summed E-state index contributed by atoms with van der Waals surface area (Å²) in [6.07, 6.45) is 9.93. The molecule has 3 aliphatic heterocycles. The van der Waals surface area contributed by atoms with Crippen LogP contribution in [0.5, 0.6) is 0 Å². The summed E-state index contributed by atoms with van der Waals surface area (Å²) in [6, 6.07) is 9.11. The minimum atomic E-state index is -0.00172. The van der Waals surface area contributed by atoms with Gasteiger partial charge in [0.05, 0.1) is 6.20 Å². The SMILES string of the molecule is CNC(=O)N1CC2(CCN(C3CCN(c4cnccn4)CC3)CC2)c2ccccc21. The zero-order valence-corrected chi connectivity index (χ0v) is 17.6. The van der Waals surface area contributed by atoms with E-state index in [4.69, 9.17) is 0 Å². The van der Waals surface area contributed by atoms with Gasteiger partial charge in [0.25, 0.3) is 0 Å². The first kappa shape index (κ1) is 19.3. The first-order valence-corrected chi connectivity index (χ1v) is 11.0. The Morgan fingerprint density at radius 2 is 1.87 bits per heavy atom. The third kappa shape index (κ3) is 3.31. The van der Waals surface area contributed by atoms with Crippen molar-refractivity contribution >= 4 is 17.5 Å². The molecule has 7 nitrogen and oxygen atoms in total. The fraction of sp³-hybridized carbons (Fsp3) is 0.522. The van der Waals surface area contributed by atoms with Crippen LogP contribution in [0.2, 0.25) is 0 Å². The molecule has 5 rings (SSSR count). The molecule has 0 aliphatic carbocycles. The molecule has 0 unspecified atom stereocenters. The zero-order chi connectivity index (χ0) is 20.6. The van der Waals surface area contributed by atoms with Gasteiger partial charge in [-0.2, -0.15) is 0 Å². The van der Waals surface area contributed by atoms with Crippen molar-refractivity contribution in [3.05, 3.63) is 48.4 Å². The zero-order valence-electron chi connectivity index (χ0n) is 17.6. The fourth-order valence-corrected chi connectivity index (χ4v) is 5.61. The number of nitrogens with one attached hydrogen (secondary N) is 1. The van der Waals surface area contributed by atoms with Crippen LogP contribution in [0.15, 0.2) is 42.9 Å². The lowest BCUT2D eigenvalue weighted by atomic mass is 9.74. The molecule has 0 bridgehead atoms. The molecule has 1 N–H and O–H groups in total. The Labute approximate surface area is 178 Å². The third-order valence-corrected chi connectivity index (χ3v) is 7.30. The number of para-hydroxylation sites is 1. The van der Waals surface area contributed by atoms with Gasteiger partial charge in [-0.3, -0.25) is 9.88 Å². The number of amides is 2. The maximum absolute atomic E-state index is 12.5. The summed E-state index contributed by atoms with van der Waals surface area (Å²) < 4.78 is 0. The summed E-state index contributed by atoms with van der Waals surface area (Å²) in [7, 11) is 1.71. The number of likely N-dealkylation sites (tertiary alicyclic amines) is 1. The summed E-state index contributed by atoms with van der Waals surface area (Å²) >= 11 is 0. The van der Waals surface area contributed by atoms with Gasteiger partial charge >= 0.3 is 6.03 Å². The second-order valence-corrected chi connectivity index (χ2v) is 8.76. The fourth-order valence-electron chi connectivity index (χ4n) is 5.61. The Hall–Kier alpha value is -2.67. The molecular formula is C23H30N6O. The van der Waals surface area contributed by atoms with Gasteiger partial charge in [0.2, 0.25) is 0 Å². The lowest BCUT2D eigenvalue weighted by molar-refractivity contribution is 0.105. The minimum absolute atomic E-state index is 0.00172. The van der Waals surface area contributed by atoms with E-state index in [1.54, 1.807) is 19.4 Å². The highest BCUT2D eigenvalue weighted by Crippen LogP contribution is 2.47. The van der Waals surface area contributed by atoms with Crippen molar-refractivity contribution < 1.29 is 4.79 Å². The smallest absolute Gasteiger partial charge is 0.321 e. The average molecular weight is 407 g/mol. The van der Waals surface area contributed by atoms with Gasteiger partial charge < -0.3 is 15.1 Å². The van der Waals surface area contributed by atoms with Gasteiger partial charge in [-0.15, -0.1) is 0 Å². The van der Waals surface area contributed by atoms with Crippen LogP contribution in [0.25, 0.3) is 0 Å². The first-order chi connectivity index (χ1) is 14.7. The summed E-state index contributed by atoms with van der Waals surface area (Å²) in [5.74, 6) is 0.991. The van der Waals surface area contributed by atoms with Gasteiger partial charge in [-0.1, -0.05) is 18.2 Å². The Balaban J connectivity index is 1.23. The molecule has 2 fully saturated rings. The molecule has 4 heterocycles. The van der Waals surface area contributed by atoms with E-state index in [2.05, 4.69) is 43.3 Å². The van der Waals surface area contributed by atoms with Crippen molar-refractivity contribution in [2.45, 2.75) is 37.1 Å². The Kier molecular flexibility index (Phi) is 5.06. The molecule has 1 spiro atoms. The predicted molar refractivity (Wildman–Crippen MR) is 118 cm³/mol. The van der Waals surface area contributed by atoms with E-state index < -0.39 is 0 Å². The number of fused-ring (bicyclic) bond motifs is 2. The number of benzene rings is 1. The Morgan fingerprint density at radius 1 is 1.10 bits per heavy atom.